The molecule has 1 amide bonds. The number of aromatic nitrogens is 2. The van der Waals surface area contributed by atoms with Gasteiger partial charge in [0.1, 0.15) is 0 Å². The van der Waals surface area contributed by atoms with Crippen molar-refractivity contribution in [2.75, 3.05) is 33.2 Å². The zero-order valence-electron chi connectivity index (χ0n) is 19.1. The fourth-order valence-corrected chi connectivity index (χ4v) is 6.05. The molecule has 1 unspecified atom stereocenters. The molecule has 0 aromatic carbocycles. The summed E-state index contributed by atoms with van der Waals surface area (Å²) in [7, 11) is 2.17. The van der Waals surface area contributed by atoms with Crippen LogP contribution in [0.1, 0.15) is 55.8 Å². The molecule has 1 saturated carbocycles. The number of likely N-dealkylation sites (N-methyl/N-ethyl adjacent to an activating group) is 1. The van der Waals surface area contributed by atoms with Crippen molar-refractivity contribution >= 4 is 11.4 Å². The van der Waals surface area contributed by atoms with E-state index in [2.05, 4.69) is 48.2 Å². The summed E-state index contributed by atoms with van der Waals surface area (Å²) in [5.41, 5.74) is 3.44. The molecule has 0 radical (unpaired) electrons. The molecule has 2 bridgehead atoms. The van der Waals surface area contributed by atoms with Crippen molar-refractivity contribution in [3.63, 3.8) is 0 Å². The van der Waals surface area contributed by atoms with Gasteiger partial charge in [0.15, 0.2) is 0 Å². The monoisotopic (exact) mass is 421 g/mol. The Labute approximate surface area is 185 Å². The van der Waals surface area contributed by atoms with E-state index in [1.807, 2.05) is 22.7 Å². The smallest absolute Gasteiger partial charge is 0.291 e. The van der Waals surface area contributed by atoms with Crippen molar-refractivity contribution in [3.05, 3.63) is 47.7 Å². The van der Waals surface area contributed by atoms with Gasteiger partial charge in [0.25, 0.3) is 5.91 Å². The van der Waals surface area contributed by atoms with Crippen LogP contribution in [-0.4, -0.2) is 58.3 Å². The summed E-state index contributed by atoms with van der Waals surface area (Å²) in [5.74, 6) is 1.76. The summed E-state index contributed by atoms with van der Waals surface area (Å²) < 4.78 is 1.95. The lowest BCUT2D eigenvalue weighted by molar-refractivity contribution is 0.0949. The zero-order valence-corrected chi connectivity index (χ0v) is 19.1. The van der Waals surface area contributed by atoms with Crippen LogP contribution in [0.3, 0.4) is 0 Å². The molecule has 1 saturated heterocycles. The van der Waals surface area contributed by atoms with E-state index in [-0.39, 0.29) is 5.91 Å². The molecular weight excluding hydrogens is 386 g/mol. The lowest BCUT2D eigenvalue weighted by atomic mass is 9.79. The minimum absolute atomic E-state index is 0.0879. The number of hydrogen-bond donors (Lipinski definition) is 1. The maximum Gasteiger partial charge on any atom is 0.291 e. The van der Waals surface area contributed by atoms with Crippen molar-refractivity contribution < 1.29 is 4.79 Å². The van der Waals surface area contributed by atoms with E-state index in [0.29, 0.717) is 17.2 Å². The number of rotatable bonds is 5. The number of imidazole rings is 1. The summed E-state index contributed by atoms with van der Waals surface area (Å²) in [6, 6.07) is 6.07. The van der Waals surface area contributed by atoms with Crippen LogP contribution in [-0.2, 0) is 6.54 Å². The Morgan fingerprint density at radius 2 is 2.03 bits per heavy atom. The first-order valence-corrected chi connectivity index (χ1v) is 11.8. The van der Waals surface area contributed by atoms with Gasteiger partial charge in [0.05, 0.1) is 11.2 Å². The highest BCUT2D eigenvalue weighted by molar-refractivity contribution is 5.93. The molecule has 1 aliphatic heterocycles. The van der Waals surface area contributed by atoms with Crippen molar-refractivity contribution in [1.82, 2.24) is 24.5 Å². The van der Waals surface area contributed by atoms with E-state index in [1.165, 1.54) is 19.3 Å². The summed E-state index contributed by atoms with van der Waals surface area (Å²) in [6.07, 6.45) is 9.00. The minimum Gasteiger partial charge on any atom is -0.323 e. The molecule has 3 heterocycles. The number of nitrogens with zero attached hydrogens (tertiary/aromatic N) is 4. The van der Waals surface area contributed by atoms with Gasteiger partial charge in [-0.05, 0) is 55.7 Å². The van der Waals surface area contributed by atoms with Crippen molar-refractivity contribution in [1.29, 1.82) is 0 Å². The molecule has 1 N–H and O–H groups in total. The van der Waals surface area contributed by atoms with Crippen LogP contribution in [0.4, 0.5) is 0 Å². The maximum atomic E-state index is 13.3. The number of carbonyl (C=O) groups excluding carboxylic acids is 1. The summed E-state index contributed by atoms with van der Waals surface area (Å²) in [4.78, 5) is 22.9. The normalized spacial score (nSPS) is 29.3. The molecule has 2 aromatic rings. The van der Waals surface area contributed by atoms with Gasteiger partial charge in [0.2, 0.25) is 5.82 Å². The number of nitrogens with one attached hydrogen (secondary N) is 1. The lowest BCUT2D eigenvalue weighted by Crippen LogP contribution is -2.43. The number of allylic oxidation sites excluding steroid dienone is 2. The lowest BCUT2D eigenvalue weighted by Gasteiger charge is -2.31. The highest BCUT2D eigenvalue weighted by atomic mass is 16.2. The summed E-state index contributed by atoms with van der Waals surface area (Å²) >= 11 is 0. The van der Waals surface area contributed by atoms with Gasteiger partial charge < -0.3 is 10.2 Å². The van der Waals surface area contributed by atoms with Crippen molar-refractivity contribution in [3.8, 4) is 0 Å². The Bertz CT molecular complexity index is 1000. The van der Waals surface area contributed by atoms with Gasteiger partial charge >= 0.3 is 0 Å². The quantitative estimate of drug-likeness (QED) is 0.802. The maximum absolute atomic E-state index is 13.3. The largest absolute Gasteiger partial charge is 0.323 e. The average Bonchev–Trinajstić information content (AvgIpc) is 3.23. The SMILES string of the molecule is CC[C@H]1C[C@]2(C)CC(NC(=O)c3nc(CN4CCN(C)CC4)c4ccccn34)=CC1C2. The number of amides is 1. The number of hydrogen-bond acceptors (Lipinski definition) is 4. The molecule has 2 aliphatic carbocycles. The Balaban J connectivity index is 1.37. The average molecular weight is 422 g/mol. The van der Waals surface area contributed by atoms with E-state index >= 15 is 0 Å². The first kappa shape index (κ1) is 20.7. The van der Waals surface area contributed by atoms with Crippen LogP contribution in [0.2, 0.25) is 0 Å². The van der Waals surface area contributed by atoms with Gasteiger partial charge in [-0.15, -0.1) is 0 Å². The highest BCUT2D eigenvalue weighted by Crippen LogP contribution is 2.53. The van der Waals surface area contributed by atoms with E-state index < -0.39 is 0 Å². The predicted octanol–water partition coefficient (Wildman–Crippen LogP) is 3.54. The molecule has 6 heteroatoms. The fourth-order valence-electron chi connectivity index (χ4n) is 6.05. The third-order valence-electron chi connectivity index (χ3n) is 7.72. The second-order valence-electron chi connectivity index (χ2n) is 10.3. The standard InChI is InChI=1S/C25H35N5O/c1-4-18-14-25(2)15-19(18)13-20(16-25)26-24(31)23-27-21(22-7-5-6-8-30(22)23)17-29-11-9-28(3)10-12-29/h5-8,13,18-19H,4,9-12,14-17H2,1-3H3,(H,26,31)/t18-,19?,25-/m0/s1. The van der Waals surface area contributed by atoms with Gasteiger partial charge in [-0.25, -0.2) is 4.98 Å². The van der Waals surface area contributed by atoms with Crippen LogP contribution in [0.25, 0.3) is 5.52 Å². The second kappa shape index (κ2) is 8.06. The van der Waals surface area contributed by atoms with E-state index in [1.54, 1.807) is 0 Å². The van der Waals surface area contributed by atoms with Crippen LogP contribution in [0, 0.1) is 17.3 Å². The van der Waals surface area contributed by atoms with Gasteiger partial charge in [-0.3, -0.25) is 14.1 Å². The first-order chi connectivity index (χ1) is 14.9. The van der Waals surface area contributed by atoms with E-state index in [4.69, 9.17) is 4.98 Å². The van der Waals surface area contributed by atoms with Crippen molar-refractivity contribution in [2.45, 2.75) is 46.1 Å². The summed E-state index contributed by atoms with van der Waals surface area (Å²) in [5, 5.41) is 3.24. The molecule has 2 aromatic heterocycles. The topological polar surface area (TPSA) is 52.9 Å². The number of carbonyl (C=O) groups is 1. The van der Waals surface area contributed by atoms with Crippen LogP contribution in [0.15, 0.2) is 36.2 Å². The van der Waals surface area contributed by atoms with Crippen LogP contribution < -0.4 is 5.32 Å². The van der Waals surface area contributed by atoms with Crippen LogP contribution in [0.5, 0.6) is 0 Å². The second-order valence-corrected chi connectivity index (χ2v) is 10.3. The van der Waals surface area contributed by atoms with Gasteiger partial charge in [-0.2, -0.15) is 0 Å². The third-order valence-corrected chi connectivity index (χ3v) is 7.72. The number of piperazine rings is 1. The molecule has 166 valence electrons. The number of pyridine rings is 1. The molecular formula is C25H35N5O. The third kappa shape index (κ3) is 4.03. The molecule has 3 atom stereocenters. The molecule has 0 spiro atoms. The molecule has 6 nitrogen and oxygen atoms in total. The van der Waals surface area contributed by atoms with Gasteiger partial charge in [-0.1, -0.05) is 32.4 Å². The first-order valence-electron chi connectivity index (χ1n) is 11.8. The molecule has 3 aliphatic rings. The minimum atomic E-state index is -0.0879. The Morgan fingerprint density at radius 1 is 1.23 bits per heavy atom. The fraction of sp³-hybridized carbons (Fsp3) is 0.600. The van der Waals surface area contributed by atoms with Crippen LogP contribution >= 0.6 is 0 Å². The Kier molecular flexibility index (Phi) is 5.39. The van der Waals surface area contributed by atoms with E-state index in [9.17, 15) is 4.79 Å². The zero-order chi connectivity index (χ0) is 21.6. The number of fused-ring (bicyclic) bond motifs is 3. The van der Waals surface area contributed by atoms with Gasteiger partial charge in [0, 0.05) is 44.6 Å². The Hall–Kier alpha value is -2.18. The molecule has 5 rings (SSSR count). The highest BCUT2D eigenvalue weighted by Gasteiger charge is 2.44. The van der Waals surface area contributed by atoms with Crippen molar-refractivity contribution in [2.24, 2.45) is 17.3 Å². The Morgan fingerprint density at radius 3 is 2.81 bits per heavy atom. The van der Waals surface area contributed by atoms with E-state index in [0.717, 1.165) is 62.0 Å². The summed E-state index contributed by atoms with van der Waals surface area (Å²) in [6.45, 7) is 9.69. The molecule has 31 heavy (non-hydrogen) atoms. The molecule has 2 fully saturated rings. The predicted molar refractivity (Wildman–Crippen MR) is 123 cm³/mol.